The van der Waals surface area contributed by atoms with Crippen molar-refractivity contribution in [2.75, 3.05) is 13.2 Å². The molecular weight excluding hydrogens is 222 g/mol. The van der Waals surface area contributed by atoms with Crippen molar-refractivity contribution in [3.8, 4) is 0 Å². The number of halogens is 1. The van der Waals surface area contributed by atoms with Gasteiger partial charge in [-0.2, -0.15) is 0 Å². The van der Waals surface area contributed by atoms with Gasteiger partial charge in [-0.05, 0) is 43.4 Å². The third-order valence-electron chi connectivity index (χ3n) is 3.35. The smallest absolute Gasteiger partial charge is 0.0486 e. The fourth-order valence-corrected chi connectivity index (χ4v) is 2.34. The van der Waals surface area contributed by atoms with Crippen molar-refractivity contribution in [1.82, 2.24) is 0 Å². The molecule has 16 heavy (non-hydrogen) atoms. The minimum atomic E-state index is -0.270. The Hall–Kier alpha value is -0.570. The molecule has 3 heteroatoms. The number of hydrogen-bond acceptors (Lipinski definition) is 2. The standard InChI is InChI=1S/C13H18ClNO/c1-10-3-4-11(9-12(10)14)13(15)5-2-7-16-8-6-13/h3-4,9H,2,5-8,15H2,1H3. The summed E-state index contributed by atoms with van der Waals surface area (Å²) in [7, 11) is 0. The first-order chi connectivity index (χ1) is 7.62. The molecule has 2 N–H and O–H groups in total. The minimum absolute atomic E-state index is 0.270. The van der Waals surface area contributed by atoms with Crippen molar-refractivity contribution >= 4 is 11.6 Å². The van der Waals surface area contributed by atoms with Gasteiger partial charge in [0.05, 0.1) is 0 Å². The van der Waals surface area contributed by atoms with Crippen LogP contribution in [0.15, 0.2) is 18.2 Å². The zero-order valence-electron chi connectivity index (χ0n) is 9.63. The summed E-state index contributed by atoms with van der Waals surface area (Å²) in [5.41, 5.74) is 8.42. The average molecular weight is 240 g/mol. The van der Waals surface area contributed by atoms with E-state index < -0.39 is 0 Å². The lowest BCUT2D eigenvalue weighted by atomic mass is 9.84. The van der Waals surface area contributed by atoms with Gasteiger partial charge in [0.2, 0.25) is 0 Å². The highest BCUT2D eigenvalue weighted by Gasteiger charge is 2.28. The molecule has 2 rings (SSSR count). The van der Waals surface area contributed by atoms with Crippen molar-refractivity contribution in [2.45, 2.75) is 31.7 Å². The molecule has 1 aliphatic heterocycles. The normalized spacial score (nSPS) is 26.4. The van der Waals surface area contributed by atoms with Gasteiger partial charge in [0.25, 0.3) is 0 Å². The molecule has 2 nitrogen and oxygen atoms in total. The van der Waals surface area contributed by atoms with Crippen LogP contribution in [0.3, 0.4) is 0 Å². The molecule has 0 amide bonds. The summed E-state index contributed by atoms with van der Waals surface area (Å²) in [5, 5.41) is 0.799. The summed E-state index contributed by atoms with van der Waals surface area (Å²) in [6.07, 6.45) is 2.85. The summed E-state index contributed by atoms with van der Waals surface area (Å²) in [6.45, 7) is 3.56. The Morgan fingerprint density at radius 3 is 2.88 bits per heavy atom. The highest BCUT2D eigenvalue weighted by atomic mass is 35.5. The molecule has 1 atom stereocenters. The van der Waals surface area contributed by atoms with E-state index in [2.05, 4.69) is 6.07 Å². The van der Waals surface area contributed by atoms with E-state index in [1.807, 2.05) is 19.1 Å². The molecule has 0 spiro atoms. The van der Waals surface area contributed by atoms with Gasteiger partial charge in [-0.25, -0.2) is 0 Å². The molecule has 0 aromatic heterocycles. The fraction of sp³-hybridized carbons (Fsp3) is 0.538. The zero-order chi connectivity index (χ0) is 11.6. The number of nitrogens with two attached hydrogens (primary N) is 1. The van der Waals surface area contributed by atoms with Crippen LogP contribution >= 0.6 is 11.6 Å². The largest absolute Gasteiger partial charge is 0.381 e. The van der Waals surface area contributed by atoms with E-state index in [0.717, 1.165) is 48.6 Å². The monoisotopic (exact) mass is 239 g/mol. The van der Waals surface area contributed by atoms with Crippen molar-refractivity contribution in [3.63, 3.8) is 0 Å². The van der Waals surface area contributed by atoms with Crippen LogP contribution < -0.4 is 5.73 Å². The maximum atomic E-state index is 6.46. The molecule has 88 valence electrons. The van der Waals surface area contributed by atoms with Gasteiger partial charge in [-0.15, -0.1) is 0 Å². The molecule has 1 heterocycles. The Morgan fingerprint density at radius 1 is 1.31 bits per heavy atom. The number of benzene rings is 1. The van der Waals surface area contributed by atoms with Crippen molar-refractivity contribution in [2.24, 2.45) is 5.73 Å². The second-order valence-electron chi connectivity index (χ2n) is 4.59. The highest BCUT2D eigenvalue weighted by molar-refractivity contribution is 6.31. The molecule has 1 aliphatic rings. The highest BCUT2D eigenvalue weighted by Crippen LogP contribution is 2.32. The second kappa shape index (κ2) is 4.74. The van der Waals surface area contributed by atoms with E-state index in [9.17, 15) is 0 Å². The summed E-state index contributed by atoms with van der Waals surface area (Å²) >= 11 is 6.15. The average Bonchev–Trinajstić information content (AvgIpc) is 2.48. The van der Waals surface area contributed by atoms with Gasteiger partial charge in [-0.1, -0.05) is 23.7 Å². The number of hydrogen-bond donors (Lipinski definition) is 1. The molecule has 0 radical (unpaired) electrons. The predicted octanol–water partition coefficient (Wildman–Crippen LogP) is 3.00. The second-order valence-corrected chi connectivity index (χ2v) is 4.99. The molecule has 1 fully saturated rings. The lowest BCUT2D eigenvalue weighted by Gasteiger charge is -2.28. The predicted molar refractivity (Wildman–Crippen MR) is 66.7 cm³/mol. The third-order valence-corrected chi connectivity index (χ3v) is 3.76. The van der Waals surface area contributed by atoms with E-state index in [1.54, 1.807) is 0 Å². The Balaban J connectivity index is 2.29. The molecule has 0 aliphatic carbocycles. The van der Waals surface area contributed by atoms with Gasteiger partial charge in [0.1, 0.15) is 0 Å². The van der Waals surface area contributed by atoms with E-state index in [-0.39, 0.29) is 5.54 Å². The number of rotatable bonds is 1. The summed E-state index contributed by atoms with van der Waals surface area (Å²) in [5.74, 6) is 0. The van der Waals surface area contributed by atoms with Gasteiger partial charge in [0, 0.05) is 23.8 Å². The van der Waals surface area contributed by atoms with Crippen LogP contribution in [0.5, 0.6) is 0 Å². The van der Waals surface area contributed by atoms with Crippen LogP contribution in [0.1, 0.15) is 30.4 Å². The molecule has 1 saturated heterocycles. The minimum Gasteiger partial charge on any atom is -0.381 e. The van der Waals surface area contributed by atoms with Crippen molar-refractivity contribution in [3.05, 3.63) is 34.3 Å². The van der Waals surface area contributed by atoms with E-state index in [0.29, 0.717) is 0 Å². The fourth-order valence-electron chi connectivity index (χ4n) is 2.16. The number of aryl methyl sites for hydroxylation is 1. The first kappa shape index (κ1) is 11.9. The summed E-state index contributed by atoms with van der Waals surface area (Å²) in [6, 6.07) is 6.13. The molecular formula is C13H18ClNO. The first-order valence-corrected chi connectivity index (χ1v) is 6.13. The maximum Gasteiger partial charge on any atom is 0.0486 e. The summed E-state index contributed by atoms with van der Waals surface area (Å²) in [4.78, 5) is 0. The van der Waals surface area contributed by atoms with Crippen molar-refractivity contribution in [1.29, 1.82) is 0 Å². The van der Waals surface area contributed by atoms with Gasteiger partial charge in [0.15, 0.2) is 0 Å². The maximum absolute atomic E-state index is 6.46. The van der Waals surface area contributed by atoms with E-state index in [1.165, 1.54) is 0 Å². The van der Waals surface area contributed by atoms with Crippen LogP contribution in [-0.4, -0.2) is 13.2 Å². The van der Waals surface area contributed by atoms with Crippen LogP contribution in [0, 0.1) is 6.92 Å². The Labute approximate surface area is 102 Å². The third kappa shape index (κ3) is 2.40. The van der Waals surface area contributed by atoms with Crippen LogP contribution in [0.25, 0.3) is 0 Å². The first-order valence-electron chi connectivity index (χ1n) is 5.75. The van der Waals surface area contributed by atoms with Crippen LogP contribution in [0.2, 0.25) is 5.02 Å². The van der Waals surface area contributed by atoms with Crippen LogP contribution in [-0.2, 0) is 10.3 Å². The quantitative estimate of drug-likeness (QED) is 0.818. The van der Waals surface area contributed by atoms with E-state index in [4.69, 9.17) is 22.1 Å². The van der Waals surface area contributed by atoms with Crippen molar-refractivity contribution < 1.29 is 4.74 Å². The lowest BCUT2D eigenvalue weighted by molar-refractivity contribution is 0.139. The van der Waals surface area contributed by atoms with E-state index >= 15 is 0 Å². The zero-order valence-corrected chi connectivity index (χ0v) is 10.4. The van der Waals surface area contributed by atoms with Crippen LogP contribution in [0.4, 0.5) is 0 Å². The molecule has 0 saturated carbocycles. The SMILES string of the molecule is Cc1ccc(C2(N)CCCOCC2)cc1Cl. The lowest BCUT2D eigenvalue weighted by Crippen LogP contribution is -2.36. The topological polar surface area (TPSA) is 35.2 Å². The molecule has 1 unspecified atom stereocenters. The summed E-state index contributed by atoms with van der Waals surface area (Å²) < 4.78 is 5.45. The number of ether oxygens (including phenoxy) is 1. The molecule has 1 aromatic rings. The molecule has 1 aromatic carbocycles. The Morgan fingerprint density at radius 2 is 2.12 bits per heavy atom. The van der Waals surface area contributed by atoms with Gasteiger partial charge >= 0.3 is 0 Å². The molecule has 0 bridgehead atoms. The van der Waals surface area contributed by atoms with Gasteiger partial charge in [-0.3, -0.25) is 0 Å². The Kier molecular flexibility index (Phi) is 3.53. The van der Waals surface area contributed by atoms with Gasteiger partial charge < -0.3 is 10.5 Å². The Bertz CT molecular complexity index is 370.